The molecule has 0 aliphatic heterocycles. The van der Waals surface area contributed by atoms with Gasteiger partial charge < -0.3 is 15.6 Å². The van der Waals surface area contributed by atoms with E-state index in [1.54, 1.807) is 20.8 Å². The normalized spacial score (nSPS) is 14.8. The van der Waals surface area contributed by atoms with Crippen LogP contribution in [-0.2, 0) is 20.5 Å². The number of hydrogen-bond acceptors (Lipinski definition) is 4. The van der Waals surface area contributed by atoms with Crippen molar-refractivity contribution in [2.45, 2.75) is 50.9 Å². The molecule has 0 saturated heterocycles. The Kier molecular flexibility index (Phi) is 5.99. The van der Waals surface area contributed by atoms with Gasteiger partial charge in [0.15, 0.2) is 0 Å². The molecule has 0 fully saturated rings. The average Bonchev–Trinajstić information content (AvgIpc) is 2.35. The van der Waals surface area contributed by atoms with Crippen molar-refractivity contribution in [1.29, 1.82) is 0 Å². The molecule has 5 nitrogen and oxygen atoms in total. The van der Waals surface area contributed by atoms with Crippen LogP contribution in [0.15, 0.2) is 24.3 Å². The molecule has 24 heavy (non-hydrogen) atoms. The first kappa shape index (κ1) is 20.0. The van der Waals surface area contributed by atoms with Crippen molar-refractivity contribution >= 4 is 11.9 Å². The van der Waals surface area contributed by atoms with Gasteiger partial charge in [-0.15, -0.1) is 0 Å². The van der Waals surface area contributed by atoms with Crippen LogP contribution in [0.25, 0.3) is 0 Å². The number of carboxylic acids is 1. The second-order valence-electron chi connectivity index (χ2n) is 6.36. The highest BCUT2D eigenvalue weighted by Crippen LogP contribution is 2.37. The minimum atomic E-state index is -4.71. The van der Waals surface area contributed by atoms with Gasteiger partial charge >= 0.3 is 18.1 Å². The van der Waals surface area contributed by atoms with E-state index >= 15 is 0 Å². The molecular weight excluding hydrogens is 327 g/mol. The van der Waals surface area contributed by atoms with Gasteiger partial charge in [-0.25, -0.2) is 0 Å². The molecule has 1 aromatic rings. The molecule has 0 aliphatic rings. The van der Waals surface area contributed by atoms with Gasteiger partial charge in [0.05, 0.1) is 17.9 Å². The second kappa shape index (κ2) is 7.21. The maximum atomic E-state index is 13.2. The van der Waals surface area contributed by atoms with Crippen molar-refractivity contribution in [3.05, 3.63) is 35.4 Å². The minimum absolute atomic E-state index is 0.395. The lowest BCUT2D eigenvalue weighted by molar-refractivity contribution is -0.158. The number of nitrogens with two attached hydrogens (primary N) is 1. The second-order valence-corrected chi connectivity index (χ2v) is 6.36. The Balaban J connectivity index is 3.38. The molecule has 0 bridgehead atoms. The molecule has 0 saturated carbocycles. The van der Waals surface area contributed by atoms with E-state index < -0.39 is 53.2 Å². The van der Waals surface area contributed by atoms with E-state index in [-0.39, 0.29) is 0 Å². The Morgan fingerprint density at radius 1 is 1.21 bits per heavy atom. The molecule has 3 N–H and O–H groups in total. The minimum Gasteiger partial charge on any atom is -0.481 e. The van der Waals surface area contributed by atoms with Gasteiger partial charge in [-0.3, -0.25) is 9.59 Å². The summed E-state index contributed by atoms with van der Waals surface area (Å²) in [4.78, 5) is 23.3. The number of benzene rings is 1. The van der Waals surface area contributed by atoms with E-state index in [9.17, 15) is 22.8 Å². The summed E-state index contributed by atoms with van der Waals surface area (Å²) in [6.07, 6.45) is -5.38. The van der Waals surface area contributed by atoms with E-state index in [1.165, 1.54) is 12.1 Å². The molecular formula is C16H20F3NO4. The lowest BCUT2D eigenvalue weighted by atomic mass is 9.86. The van der Waals surface area contributed by atoms with E-state index in [1.807, 2.05) is 0 Å². The fraction of sp³-hybridized carbons (Fsp3) is 0.500. The number of halogens is 3. The third-order valence-corrected chi connectivity index (χ3v) is 3.10. The van der Waals surface area contributed by atoms with Crippen LogP contribution in [0.3, 0.4) is 0 Å². The first-order valence-electron chi connectivity index (χ1n) is 7.19. The number of rotatable bonds is 5. The Bertz CT molecular complexity index is 608. The molecule has 1 rings (SSSR count). The van der Waals surface area contributed by atoms with Crippen LogP contribution < -0.4 is 5.73 Å². The predicted molar refractivity (Wildman–Crippen MR) is 80.3 cm³/mol. The molecule has 1 aromatic carbocycles. The van der Waals surface area contributed by atoms with Crippen LogP contribution in [0, 0.1) is 0 Å². The monoisotopic (exact) mass is 347 g/mol. The van der Waals surface area contributed by atoms with Gasteiger partial charge in [-0.1, -0.05) is 18.2 Å². The number of carbonyl (C=O) groups is 2. The fourth-order valence-electron chi connectivity index (χ4n) is 2.24. The summed E-state index contributed by atoms with van der Waals surface area (Å²) in [6.45, 7) is 4.67. The first-order chi connectivity index (χ1) is 10.8. The Morgan fingerprint density at radius 3 is 2.21 bits per heavy atom. The van der Waals surface area contributed by atoms with E-state index in [0.29, 0.717) is 0 Å². The summed E-state index contributed by atoms with van der Waals surface area (Å²) >= 11 is 0. The third kappa shape index (κ3) is 5.52. The zero-order chi connectivity index (χ0) is 18.7. The number of esters is 1. The number of carboxylic acid groups (broad SMARTS) is 1. The van der Waals surface area contributed by atoms with E-state index in [4.69, 9.17) is 15.6 Å². The Labute approximate surface area is 137 Å². The Hall–Kier alpha value is -2.09. The van der Waals surface area contributed by atoms with Crippen molar-refractivity contribution in [2.75, 3.05) is 0 Å². The summed E-state index contributed by atoms with van der Waals surface area (Å²) in [6, 6.07) is 3.08. The molecule has 134 valence electrons. The van der Waals surface area contributed by atoms with Crippen LogP contribution >= 0.6 is 0 Å². The quantitative estimate of drug-likeness (QED) is 0.800. The SMILES string of the molecule is CC(C)(C)OC(=O)[C@@H](c1ccccc1C(F)(F)F)[C@@H](N)CC(=O)O. The molecule has 8 heteroatoms. The van der Waals surface area contributed by atoms with Crippen molar-refractivity contribution in [2.24, 2.45) is 5.73 Å². The zero-order valence-corrected chi connectivity index (χ0v) is 13.6. The fourth-order valence-corrected chi connectivity index (χ4v) is 2.24. The first-order valence-corrected chi connectivity index (χ1v) is 7.19. The van der Waals surface area contributed by atoms with Crippen LogP contribution in [0.5, 0.6) is 0 Å². The van der Waals surface area contributed by atoms with E-state index in [2.05, 4.69) is 0 Å². The van der Waals surface area contributed by atoms with Crippen molar-refractivity contribution in [1.82, 2.24) is 0 Å². The van der Waals surface area contributed by atoms with E-state index in [0.717, 1.165) is 12.1 Å². The van der Waals surface area contributed by atoms with Crippen LogP contribution in [0.4, 0.5) is 13.2 Å². The molecule has 0 aromatic heterocycles. The van der Waals surface area contributed by atoms with Crippen LogP contribution in [0.1, 0.15) is 44.2 Å². The lowest BCUT2D eigenvalue weighted by Crippen LogP contribution is -2.40. The lowest BCUT2D eigenvalue weighted by Gasteiger charge is -2.28. The number of carbonyl (C=O) groups excluding carboxylic acids is 1. The summed E-state index contributed by atoms with van der Waals surface area (Å²) in [7, 11) is 0. The molecule has 0 unspecified atom stereocenters. The molecule has 0 aliphatic carbocycles. The number of hydrogen-bond donors (Lipinski definition) is 2. The van der Waals surface area contributed by atoms with Gasteiger partial charge in [0.25, 0.3) is 0 Å². The summed E-state index contributed by atoms with van der Waals surface area (Å²) < 4.78 is 44.8. The molecule has 0 amide bonds. The van der Waals surface area contributed by atoms with Gasteiger partial charge in [0.2, 0.25) is 0 Å². The van der Waals surface area contributed by atoms with Crippen molar-refractivity contribution in [3.63, 3.8) is 0 Å². The Morgan fingerprint density at radius 2 is 1.75 bits per heavy atom. The molecule has 0 spiro atoms. The molecule has 2 atom stereocenters. The van der Waals surface area contributed by atoms with Crippen molar-refractivity contribution < 1.29 is 32.6 Å². The highest BCUT2D eigenvalue weighted by Gasteiger charge is 2.40. The number of ether oxygens (including phenoxy) is 1. The highest BCUT2D eigenvalue weighted by molar-refractivity contribution is 5.81. The van der Waals surface area contributed by atoms with Crippen LogP contribution in [-0.4, -0.2) is 28.7 Å². The smallest absolute Gasteiger partial charge is 0.416 e. The molecule has 0 heterocycles. The number of alkyl halides is 3. The average molecular weight is 347 g/mol. The maximum absolute atomic E-state index is 13.2. The summed E-state index contributed by atoms with van der Waals surface area (Å²) in [5, 5.41) is 8.87. The third-order valence-electron chi connectivity index (χ3n) is 3.10. The zero-order valence-electron chi connectivity index (χ0n) is 13.6. The summed E-state index contributed by atoms with van der Waals surface area (Å²) in [5.74, 6) is -3.85. The highest BCUT2D eigenvalue weighted by atomic mass is 19.4. The van der Waals surface area contributed by atoms with Gasteiger partial charge in [-0.2, -0.15) is 13.2 Å². The summed E-state index contributed by atoms with van der Waals surface area (Å²) in [5.41, 5.74) is 3.35. The van der Waals surface area contributed by atoms with Gasteiger partial charge in [-0.05, 0) is 32.4 Å². The van der Waals surface area contributed by atoms with Crippen molar-refractivity contribution in [3.8, 4) is 0 Å². The number of aliphatic carboxylic acids is 1. The van der Waals surface area contributed by atoms with Crippen LogP contribution in [0.2, 0.25) is 0 Å². The van der Waals surface area contributed by atoms with Gasteiger partial charge in [0.1, 0.15) is 5.60 Å². The predicted octanol–water partition coefficient (Wildman–Crippen LogP) is 2.93. The topological polar surface area (TPSA) is 89.6 Å². The maximum Gasteiger partial charge on any atom is 0.416 e. The standard InChI is InChI=1S/C16H20F3NO4/c1-15(2,3)24-14(23)13(11(20)8-12(21)22)9-6-4-5-7-10(9)16(17,18)19/h4-7,11,13H,8,20H2,1-3H3,(H,21,22)/t11-,13-/m0/s1. The van der Waals surface area contributed by atoms with Gasteiger partial charge in [0, 0.05) is 6.04 Å². The molecule has 0 radical (unpaired) electrons. The largest absolute Gasteiger partial charge is 0.481 e.